The fourth-order valence-electron chi connectivity index (χ4n) is 0.712. The van der Waals surface area contributed by atoms with E-state index in [1.165, 1.54) is 0 Å². The van der Waals surface area contributed by atoms with Crippen molar-refractivity contribution in [2.75, 3.05) is 0 Å². The fourth-order valence-corrected chi connectivity index (χ4v) is 0.712. The van der Waals surface area contributed by atoms with Crippen molar-refractivity contribution in [3.63, 3.8) is 0 Å². The summed E-state index contributed by atoms with van der Waals surface area (Å²) in [6.07, 6.45) is 1.65. The van der Waals surface area contributed by atoms with Crippen LogP contribution in [0.4, 0.5) is 5.69 Å². The van der Waals surface area contributed by atoms with Crippen LogP contribution in [0.1, 0.15) is 6.92 Å². The van der Waals surface area contributed by atoms with E-state index in [0.717, 1.165) is 0 Å². The lowest BCUT2D eigenvalue weighted by Gasteiger charge is -1.94. The van der Waals surface area contributed by atoms with Crippen LogP contribution in [0.5, 0.6) is 5.75 Å². The van der Waals surface area contributed by atoms with Crippen molar-refractivity contribution < 1.29 is 5.11 Å². The molecule has 1 aromatic carbocycles. The van der Waals surface area contributed by atoms with Crippen molar-refractivity contribution in [3.05, 3.63) is 24.3 Å². The van der Waals surface area contributed by atoms with Crippen molar-refractivity contribution in [3.8, 4) is 5.75 Å². The highest BCUT2D eigenvalue weighted by Crippen LogP contribution is 2.23. The molecule has 52 valence electrons. The van der Waals surface area contributed by atoms with E-state index in [2.05, 4.69) is 4.99 Å². The molecule has 0 unspecified atom stereocenters. The summed E-state index contributed by atoms with van der Waals surface area (Å²) in [5.41, 5.74) is 0.616. The van der Waals surface area contributed by atoms with Crippen LogP contribution >= 0.6 is 0 Å². The summed E-state index contributed by atoms with van der Waals surface area (Å²) in [6, 6.07) is 6.98. The minimum atomic E-state index is 0.223. The van der Waals surface area contributed by atoms with E-state index in [0.29, 0.717) is 5.69 Å². The molecule has 1 rings (SSSR count). The summed E-state index contributed by atoms with van der Waals surface area (Å²) >= 11 is 0. The molecule has 0 aliphatic heterocycles. The molecular weight excluding hydrogens is 126 g/mol. The molecule has 0 radical (unpaired) electrons. The third-order valence-electron chi connectivity index (χ3n) is 1.15. The zero-order chi connectivity index (χ0) is 7.40. The van der Waals surface area contributed by atoms with Gasteiger partial charge in [-0.05, 0) is 19.1 Å². The van der Waals surface area contributed by atoms with Crippen LogP contribution in [0.15, 0.2) is 29.3 Å². The molecule has 0 aliphatic carbocycles. The normalized spacial score (nSPS) is 10.5. The topological polar surface area (TPSA) is 32.6 Å². The van der Waals surface area contributed by atoms with Gasteiger partial charge in [0.2, 0.25) is 0 Å². The van der Waals surface area contributed by atoms with Gasteiger partial charge >= 0.3 is 0 Å². The van der Waals surface area contributed by atoms with E-state index in [-0.39, 0.29) is 5.75 Å². The second-order valence-electron chi connectivity index (χ2n) is 1.88. The molecule has 1 aromatic rings. The molecule has 10 heavy (non-hydrogen) atoms. The van der Waals surface area contributed by atoms with Gasteiger partial charge in [0, 0.05) is 6.21 Å². The molecule has 0 aliphatic rings. The van der Waals surface area contributed by atoms with Gasteiger partial charge in [-0.2, -0.15) is 0 Å². The van der Waals surface area contributed by atoms with Crippen molar-refractivity contribution >= 4 is 11.9 Å². The van der Waals surface area contributed by atoms with Crippen molar-refractivity contribution in [1.82, 2.24) is 0 Å². The third kappa shape index (κ3) is 1.35. The number of nitrogens with zero attached hydrogens (tertiary/aromatic N) is 1. The predicted molar refractivity (Wildman–Crippen MR) is 41.9 cm³/mol. The lowest BCUT2D eigenvalue weighted by atomic mass is 10.3. The fraction of sp³-hybridized carbons (Fsp3) is 0.125. The van der Waals surface area contributed by atoms with Crippen LogP contribution in [0.25, 0.3) is 0 Å². The second-order valence-corrected chi connectivity index (χ2v) is 1.88. The van der Waals surface area contributed by atoms with E-state index in [4.69, 9.17) is 5.11 Å². The smallest absolute Gasteiger partial charge is 0.141 e. The zero-order valence-corrected chi connectivity index (χ0v) is 5.78. The van der Waals surface area contributed by atoms with Crippen molar-refractivity contribution in [2.24, 2.45) is 4.99 Å². The zero-order valence-electron chi connectivity index (χ0n) is 5.78. The third-order valence-corrected chi connectivity index (χ3v) is 1.15. The van der Waals surface area contributed by atoms with E-state index < -0.39 is 0 Å². The van der Waals surface area contributed by atoms with Crippen LogP contribution in [-0.4, -0.2) is 11.3 Å². The molecule has 0 atom stereocenters. The van der Waals surface area contributed by atoms with Crippen LogP contribution in [0.3, 0.4) is 0 Å². The maximum absolute atomic E-state index is 9.13. The SMILES string of the molecule is C/C=N/c1ccccc1O. The first kappa shape index (κ1) is 6.81. The molecule has 0 amide bonds. The molecule has 0 aromatic heterocycles. The Morgan fingerprint density at radius 2 is 2.10 bits per heavy atom. The highest BCUT2D eigenvalue weighted by atomic mass is 16.3. The maximum atomic E-state index is 9.13. The molecular formula is C8H9NO. The highest BCUT2D eigenvalue weighted by Gasteiger charge is 1.92. The Balaban J connectivity index is 3.03. The first-order valence-corrected chi connectivity index (χ1v) is 3.11. The van der Waals surface area contributed by atoms with Gasteiger partial charge in [0.05, 0.1) is 0 Å². The first-order valence-electron chi connectivity index (χ1n) is 3.11. The second kappa shape index (κ2) is 3.01. The summed E-state index contributed by atoms with van der Waals surface area (Å²) in [5, 5.41) is 9.13. The lowest BCUT2D eigenvalue weighted by molar-refractivity contribution is 0.477. The monoisotopic (exact) mass is 135 g/mol. The number of aromatic hydroxyl groups is 1. The number of aliphatic imine (C=N–C) groups is 1. The van der Waals surface area contributed by atoms with Crippen LogP contribution in [0.2, 0.25) is 0 Å². The quantitative estimate of drug-likeness (QED) is 0.588. The summed E-state index contributed by atoms with van der Waals surface area (Å²) < 4.78 is 0. The molecule has 0 bridgehead atoms. The maximum Gasteiger partial charge on any atom is 0.141 e. The largest absolute Gasteiger partial charge is 0.506 e. The molecule has 0 heterocycles. The Labute approximate surface area is 59.9 Å². The number of para-hydroxylation sites is 2. The average molecular weight is 135 g/mol. The lowest BCUT2D eigenvalue weighted by Crippen LogP contribution is -1.66. The number of phenols is 1. The first-order chi connectivity index (χ1) is 4.84. The predicted octanol–water partition coefficient (Wildman–Crippen LogP) is 2.11. The van der Waals surface area contributed by atoms with Gasteiger partial charge in [-0.3, -0.25) is 4.99 Å². The molecule has 2 nitrogen and oxygen atoms in total. The van der Waals surface area contributed by atoms with Gasteiger partial charge in [-0.1, -0.05) is 12.1 Å². The molecule has 0 saturated heterocycles. The van der Waals surface area contributed by atoms with Crippen LogP contribution in [0, 0.1) is 0 Å². The van der Waals surface area contributed by atoms with Gasteiger partial charge in [0.25, 0.3) is 0 Å². The number of hydrogen-bond acceptors (Lipinski definition) is 2. The van der Waals surface area contributed by atoms with Crippen molar-refractivity contribution in [1.29, 1.82) is 0 Å². The summed E-state index contributed by atoms with van der Waals surface area (Å²) in [6.45, 7) is 1.81. The Morgan fingerprint density at radius 3 is 2.70 bits per heavy atom. The summed E-state index contributed by atoms with van der Waals surface area (Å²) in [5.74, 6) is 0.223. The van der Waals surface area contributed by atoms with E-state index in [1.54, 1.807) is 24.4 Å². The Bertz CT molecular complexity index is 243. The van der Waals surface area contributed by atoms with E-state index in [1.807, 2.05) is 13.0 Å². The van der Waals surface area contributed by atoms with Gasteiger partial charge in [0.15, 0.2) is 0 Å². The minimum Gasteiger partial charge on any atom is -0.506 e. The van der Waals surface area contributed by atoms with Crippen LogP contribution in [-0.2, 0) is 0 Å². The molecule has 2 heteroatoms. The summed E-state index contributed by atoms with van der Waals surface area (Å²) in [7, 11) is 0. The Morgan fingerprint density at radius 1 is 1.40 bits per heavy atom. The standard InChI is InChI=1S/C8H9NO/c1-2-9-7-5-3-4-6-8(7)10/h2-6,10H,1H3/b9-2+. The number of hydrogen-bond donors (Lipinski definition) is 1. The van der Waals surface area contributed by atoms with Gasteiger partial charge in [-0.15, -0.1) is 0 Å². The number of benzene rings is 1. The van der Waals surface area contributed by atoms with E-state index in [9.17, 15) is 0 Å². The Hall–Kier alpha value is -1.31. The molecule has 0 fully saturated rings. The van der Waals surface area contributed by atoms with E-state index >= 15 is 0 Å². The van der Waals surface area contributed by atoms with Gasteiger partial charge < -0.3 is 5.11 Å². The highest BCUT2D eigenvalue weighted by molar-refractivity contribution is 5.63. The molecule has 0 spiro atoms. The Kier molecular flexibility index (Phi) is 2.05. The van der Waals surface area contributed by atoms with Crippen molar-refractivity contribution in [2.45, 2.75) is 6.92 Å². The molecule has 0 saturated carbocycles. The number of rotatable bonds is 1. The summed E-state index contributed by atoms with van der Waals surface area (Å²) in [4.78, 5) is 3.93. The number of phenolic OH excluding ortho intramolecular Hbond substituents is 1. The van der Waals surface area contributed by atoms with Gasteiger partial charge in [-0.25, -0.2) is 0 Å². The van der Waals surface area contributed by atoms with Gasteiger partial charge in [0.1, 0.15) is 11.4 Å². The molecule has 1 N–H and O–H groups in total. The minimum absolute atomic E-state index is 0.223. The average Bonchev–Trinajstić information content (AvgIpc) is 1.94. The van der Waals surface area contributed by atoms with Crippen LogP contribution < -0.4 is 0 Å².